The van der Waals surface area contributed by atoms with Crippen molar-refractivity contribution in [2.45, 2.75) is 12.8 Å². The highest BCUT2D eigenvalue weighted by Crippen LogP contribution is 2.23. The number of hydrogen-bond acceptors (Lipinski definition) is 3. The molecule has 1 aliphatic heterocycles. The van der Waals surface area contributed by atoms with E-state index >= 15 is 0 Å². The molecule has 0 saturated carbocycles. The van der Waals surface area contributed by atoms with Gasteiger partial charge < -0.3 is 9.82 Å². The first-order valence-electron chi connectivity index (χ1n) is 8.26. The molecular formula is C19H16ClF2N3O. The smallest absolute Gasteiger partial charge is 0.137 e. The summed E-state index contributed by atoms with van der Waals surface area (Å²) in [5.41, 5.74) is 2.19. The van der Waals surface area contributed by atoms with Crippen molar-refractivity contribution in [1.82, 2.24) is 15.0 Å². The Morgan fingerprint density at radius 3 is 3.00 bits per heavy atom. The van der Waals surface area contributed by atoms with Crippen LogP contribution < -0.4 is 0 Å². The van der Waals surface area contributed by atoms with Crippen molar-refractivity contribution in [2.24, 2.45) is 0 Å². The Morgan fingerprint density at radius 1 is 1.23 bits per heavy atom. The molecule has 4 rings (SSSR count). The van der Waals surface area contributed by atoms with Gasteiger partial charge in [-0.2, -0.15) is 0 Å². The number of rotatable bonds is 5. The van der Waals surface area contributed by atoms with Crippen molar-refractivity contribution < 1.29 is 13.6 Å². The standard InChI is InChI=1S/C19H16ClF2N3O/c20-14-9-17-12(10-23-19(17)24-11-14)3-5-25-6-4-16(26-25)8-13-7-15(21)1-2-18(13)22/h1-2,4,7,9-11H,3,5-6,8H2,(H,23,24). The van der Waals surface area contributed by atoms with Crippen LogP contribution in [0.3, 0.4) is 0 Å². The van der Waals surface area contributed by atoms with Crippen LogP contribution >= 0.6 is 11.6 Å². The molecule has 3 heterocycles. The molecule has 0 radical (unpaired) electrons. The molecule has 134 valence electrons. The Kier molecular flexibility index (Phi) is 4.61. The summed E-state index contributed by atoms with van der Waals surface area (Å²) in [5.74, 6) is -0.265. The molecule has 26 heavy (non-hydrogen) atoms. The molecule has 0 unspecified atom stereocenters. The maximum atomic E-state index is 13.8. The third kappa shape index (κ3) is 3.57. The summed E-state index contributed by atoms with van der Waals surface area (Å²) in [6, 6.07) is 5.33. The summed E-state index contributed by atoms with van der Waals surface area (Å²) in [5, 5.41) is 3.38. The van der Waals surface area contributed by atoms with E-state index in [9.17, 15) is 8.78 Å². The predicted octanol–water partition coefficient (Wildman–Crippen LogP) is 4.41. The summed E-state index contributed by atoms with van der Waals surface area (Å²) in [6.45, 7) is 1.26. The zero-order valence-corrected chi connectivity index (χ0v) is 14.6. The lowest BCUT2D eigenvalue weighted by molar-refractivity contribution is -0.0915. The third-order valence-corrected chi connectivity index (χ3v) is 4.56. The molecule has 7 heteroatoms. The van der Waals surface area contributed by atoms with Crippen molar-refractivity contribution in [2.75, 3.05) is 13.1 Å². The average molecular weight is 376 g/mol. The lowest BCUT2D eigenvalue weighted by Gasteiger charge is -2.16. The lowest BCUT2D eigenvalue weighted by atomic mass is 10.1. The van der Waals surface area contributed by atoms with Crippen molar-refractivity contribution in [1.29, 1.82) is 0 Å². The first-order valence-corrected chi connectivity index (χ1v) is 8.63. The van der Waals surface area contributed by atoms with Crippen LogP contribution in [0.15, 0.2) is 48.5 Å². The Hall–Kier alpha value is -2.44. The summed E-state index contributed by atoms with van der Waals surface area (Å²) < 4.78 is 27.0. The lowest BCUT2D eigenvalue weighted by Crippen LogP contribution is -2.22. The fourth-order valence-corrected chi connectivity index (χ4v) is 3.19. The van der Waals surface area contributed by atoms with Gasteiger partial charge in [-0.1, -0.05) is 11.6 Å². The molecule has 0 saturated heterocycles. The van der Waals surface area contributed by atoms with E-state index in [1.165, 1.54) is 6.07 Å². The number of pyridine rings is 1. The summed E-state index contributed by atoms with van der Waals surface area (Å²) in [4.78, 5) is 13.1. The van der Waals surface area contributed by atoms with Crippen molar-refractivity contribution in [3.63, 3.8) is 0 Å². The van der Waals surface area contributed by atoms with Gasteiger partial charge >= 0.3 is 0 Å². The second-order valence-corrected chi connectivity index (χ2v) is 6.61. The monoisotopic (exact) mass is 375 g/mol. The third-order valence-electron chi connectivity index (χ3n) is 4.36. The number of hydroxylamine groups is 2. The van der Waals surface area contributed by atoms with Gasteiger partial charge in [-0.3, -0.25) is 0 Å². The van der Waals surface area contributed by atoms with Gasteiger partial charge in [0.05, 0.1) is 11.6 Å². The molecule has 1 aromatic carbocycles. The highest BCUT2D eigenvalue weighted by molar-refractivity contribution is 6.31. The minimum Gasteiger partial charge on any atom is -0.410 e. The quantitative estimate of drug-likeness (QED) is 0.718. The van der Waals surface area contributed by atoms with E-state index in [1.54, 1.807) is 11.3 Å². The highest BCUT2D eigenvalue weighted by Gasteiger charge is 2.18. The van der Waals surface area contributed by atoms with Crippen molar-refractivity contribution >= 4 is 22.6 Å². The summed E-state index contributed by atoms with van der Waals surface area (Å²) in [7, 11) is 0. The molecule has 0 amide bonds. The van der Waals surface area contributed by atoms with E-state index in [0.29, 0.717) is 23.9 Å². The molecule has 0 fully saturated rings. The number of benzene rings is 1. The minimum atomic E-state index is -0.455. The van der Waals surface area contributed by atoms with E-state index in [0.717, 1.165) is 35.2 Å². The number of H-pyrrole nitrogens is 1. The Labute approximate surface area is 154 Å². The number of aromatic amines is 1. The second kappa shape index (κ2) is 7.05. The van der Waals surface area contributed by atoms with E-state index < -0.39 is 11.6 Å². The topological polar surface area (TPSA) is 41.2 Å². The van der Waals surface area contributed by atoms with Gasteiger partial charge in [0, 0.05) is 30.7 Å². The van der Waals surface area contributed by atoms with Crippen LogP contribution in [-0.4, -0.2) is 28.1 Å². The Morgan fingerprint density at radius 2 is 2.12 bits per heavy atom. The van der Waals surface area contributed by atoms with Crippen LogP contribution in [0.25, 0.3) is 11.0 Å². The first-order chi connectivity index (χ1) is 12.6. The molecule has 0 spiro atoms. The molecular weight excluding hydrogens is 360 g/mol. The van der Waals surface area contributed by atoms with Crippen LogP contribution in [0.1, 0.15) is 11.1 Å². The molecule has 0 atom stereocenters. The van der Waals surface area contributed by atoms with Crippen LogP contribution in [0.5, 0.6) is 0 Å². The molecule has 1 N–H and O–H groups in total. The SMILES string of the molecule is Fc1ccc(F)c(CC2=CCN(CCc3c[nH]c4ncc(Cl)cc34)O2)c1. The number of nitrogens with zero attached hydrogens (tertiary/aromatic N) is 2. The van der Waals surface area contributed by atoms with Gasteiger partial charge in [-0.15, -0.1) is 5.06 Å². The van der Waals surface area contributed by atoms with Crippen LogP contribution in [-0.2, 0) is 17.7 Å². The number of fused-ring (bicyclic) bond motifs is 1. The maximum absolute atomic E-state index is 13.8. The first kappa shape index (κ1) is 17.0. The van der Waals surface area contributed by atoms with Gasteiger partial charge in [-0.05, 0) is 47.9 Å². The van der Waals surface area contributed by atoms with E-state index in [1.807, 2.05) is 18.3 Å². The van der Waals surface area contributed by atoms with Crippen molar-refractivity contribution in [3.8, 4) is 0 Å². The maximum Gasteiger partial charge on any atom is 0.137 e. The molecule has 1 aliphatic rings. The second-order valence-electron chi connectivity index (χ2n) is 6.18. The van der Waals surface area contributed by atoms with Gasteiger partial charge in [-0.25, -0.2) is 13.8 Å². The normalized spacial score (nSPS) is 14.7. The molecule has 3 aromatic rings. The average Bonchev–Trinajstić information content (AvgIpc) is 3.23. The van der Waals surface area contributed by atoms with E-state index in [2.05, 4.69) is 9.97 Å². The zero-order chi connectivity index (χ0) is 18.1. The molecule has 2 aromatic heterocycles. The fraction of sp³-hybridized carbons (Fsp3) is 0.211. The number of nitrogens with one attached hydrogen (secondary N) is 1. The van der Waals surface area contributed by atoms with E-state index in [4.69, 9.17) is 16.4 Å². The number of hydrogen-bond donors (Lipinski definition) is 1. The summed E-state index contributed by atoms with van der Waals surface area (Å²) in [6.07, 6.45) is 6.39. The van der Waals surface area contributed by atoms with Gasteiger partial charge in [0.25, 0.3) is 0 Å². The van der Waals surface area contributed by atoms with Gasteiger partial charge in [0.1, 0.15) is 23.0 Å². The van der Waals surface area contributed by atoms with Crippen molar-refractivity contribution in [3.05, 3.63) is 76.3 Å². The highest BCUT2D eigenvalue weighted by atomic mass is 35.5. The summed E-state index contributed by atoms with van der Waals surface area (Å²) >= 11 is 6.02. The zero-order valence-electron chi connectivity index (χ0n) is 13.8. The molecule has 0 aliphatic carbocycles. The number of halogens is 3. The van der Waals surface area contributed by atoms with Crippen LogP contribution in [0.4, 0.5) is 8.78 Å². The predicted molar refractivity (Wildman–Crippen MR) is 95.6 cm³/mol. The Balaban J connectivity index is 1.36. The largest absolute Gasteiger partial charge is 0.410 e. The van der Waals surface area contributed by atoms with Gasteiger partial charge in [0.2, 0.25) is 0 Å². The minimum absolute atomic E-state index is 0.229. The molecule has 4 nitrogen and oxygen atoms in total. The van der Waals surface area contributed by atoms with E-state index in [-0.39, 0.29) is 12.0 Å². The number of aromatic nitrogens is 2. The fourth-order valence-electron chi connectivity index (χ4n) is 3.04. The number of allylic oxidation sites excluding steroid dienone is 1. The van der Waals surface area contributed by atoms with Gasteiger partial charge in [0.15, 0.2) is 0 Å². The Bertz CT molecular complexity index is 986. The van der Waals surface area contributed by atoms with Crippen LogP contribution in [0, 0.1) is 11.6 Å². The molecule has 0 bridgehead atoms. The van der Waals surface area contributed by atoms with Crippen LogP contribution in [0.2, 0.25) is 5.02 Å².